The zero-order chi connectivity index (χ0) is 14.9. The van der Waals surface area contributed by atoms with Crippen LogP contribution < -0.4 is 11.2 Å². The summed E-state index contributed by atoms with van der Waals surface area (Å²) in [6.07, 6.45) is 1.33. The van der Waals surface area contributed by atoms with Gasteiger partial charge in [0.15, 0.2) is 0 Å². The van der Waals surface area contributed by atoms with Gasteiger partial charge in [-0.2, -0.15) is 0 Å². The van der Waals surface area contributed by atoms with Crippen LogP contribution in [0, 0.1) is 13.8 Å². The van der Waals surface area contributed by atoms with Gasteiger partial charge in [0, 0.05) is 0 Å². The minimum absolute atomic E-state index is 0.142. The van der Waals surface area contributed by atoms with Gasteiger partial charge in [-0.05, 0) is 37.5 Å². The number of nitrogens with one attached hydrogen (secondary N) is 1. The molecule has 0 unspecified atom stereocenters. The molecule has 1 heterocycles. The molecule has 1 N–H and O–H groups in total. The second-order valence-electron chi connectivity index (χ2n) is 4.83. The highest BCUT2D eigenvalue weighted by Crippen LogP contribution is 2.16. The molecule has 0 bridgehead atoms. The van der Waals surface area contributed by atoms with Crippen molar-refractivity contribution in [2.24, 2.45) is 0 Å². The van der Waals surface area contributed by atoms with Crippen LogP contribution in [0.25, 0.3) is 5.69 Å². The van der Waals surface area contributed by atoms with Crippen molar-refractivity contribution in [3.8, 4) is 5.69 Å². The monoisotopic (exact) mass is 292 g/mol. The Hall–Kier alpha value is -1.81. The minimum Gasteiger partial charge on any atom is -0.297 e. The van der Waals surface area contributed by atoms with Gasteiger partial charge in [-0.15, -0.1) is 0 Å². The summed E-state index contributed by atoms with van der Waals surface area (Å²) in [7, 11) is 0. The van der Waals surface area contributed by atoms with Gasteiger partial charge in [0.2, 0.25) is 0 Å². The molecule has 2 rings (SSSR count). The number of hydrogen-bond donors (Lipinski definition) is 1. The maximum atomic E-state index is 12.5. The van der Waals surface area contributed by atoms with E-state index < -0.39 is 5.69 Å². The van der Waals surface area contributed by atoms with Crippen LogP contribution in [0.3, 0.4) is 0 Å². The topological polar surface area (TPSA) is 54.9 Å². The van der Waals surface area contributed by atoms with Crippen LogP contribution in [0.1, 0.15) is 30.0 Å². The van der Waals surface area contributed by atoms with Crippen LogP contribution in [0.2, 0.25) is 5.15 Å². The molecule has 0 saturated heterocycles. The summed E-state index contributed by atoms with van der Waals surface area (Å²) in [6.45, 7) is 5.80. The van der Waals surface area contributed by atoms with Crippen LogP contribution in [-0.4, -0.2) is 9.55 Å². The standard InChI is InChI=1S/C15H17ClN2O2/c1-4-6-11-13(16)17-15(20)18(14(11)19)12-8-5-7-9(2)10(12)3/h5,7-8H,4,6H2,1-3H3,(H,17,20). The first kappa shape index (κ1) is 14.6. The number of benzene rings is 1. The molecule has 0 atom stereocenters. The Balaban J connectivity index is 2.81. The number of hydrogen-bond acceptors (Lipinski definition) is 2. The average Bonchev–Trinajstić information content (AvgIpc) is 2.39. The van der Waals surface area contributed by atoms with Crippen molar-refractivity contribution in [1.82, 2.24) is 9.55 Å². The second-order valence-corrected chi connectivity index (χ2v) is 5.21. The van der Waals surface area contributed by atoms with Crippen molar-refractivity contribution in [1.29, 1.82) is 0 Å². The fourth-order valence-electron chi connectivity index (χ4n) is 2.21. The third kappa shape index (κ3) is 2.43. The predicted molar refractivity (Wildman–Crippen MR) is 81.1 cm³/mol. The summed E-state index contributed by atoms with van der Waals surface area (Å²) >= 11 is 5.98. The van der Waals surface area contributed by atoms with Gasteiger partial charge in [-0.1, -0.05) is 37.1 Å². The van der Waals surface area contributed by atoms with Crippen LogP contribution in [0.4, 0.5) is 0 Å². The number of rotatable bonds is 3. The number of halogens is 1. The second kappa shape index (κ2) is 5.67. The van der Waals surface area contributed by atoms with E-state index in [0.29, 0.717) is 17.7 Å². The zero-order valence-electron chi connectivity index (χ0n) is 11.8. The molecule has 20 heavy (non-hydrogen) atoms. The Morgan fingerprint density at radius 1 is 1.25 bits per heavy atom. The maximum Gasteiger partial charge on any atom is 0.334 e. The molecule has 1 aromatic heterocycles. The Labute approximate surface area is 122 Å². The molecule has 0 fully saturated rings. The van der Waals surface area contributed by atoms with Gasteiger partial charge in [0.25, 0.3) is 5.56 Å². The first-order valence-corrected chi connectivity index (χ1v) is 6.95. The summed E-state index contributed by atoms with van der Waals surface area (Å²) in [5.41, 5.74) is 2.15. The number of nitrogens with zero attached hydrogens (tertiary/aromatic N) is 1. The fraction of sp³-hybridized carbons (Fsp3) is 0.333. The van der Waals surface area contributed by atoms with E-state index in [-0.39, 0.29) is 10.7 Å². The van der Waals surface area contributed by atoms with Crippen LogP contribution in [0.5, 0.6) is 0 Å². The summed E-state index contributed by atoms with van der Waals surface area (Å²) in [5, 5.41) is 0.142. The van der Waals surface area contributed by atoms with Crippen LogP contribution in [0.15, 0.2) is 27.8 Å². The number of H-pyrrole nitrogens is 1. The van der Waals surface area contributed by atoms with E-state index >= 15 is 0 Å². The zero-order valence-corrected chi connectivity index (χ0v) is 12.5. The normalized spacial score (nSPS) is 10.8. The Morgan fingerprint density at radius 2 is 1.95 bits per heavy atom. The molecule has 0 saturated carbocycles. The third-order valence-electron chi connectivity index (χ3n) is 3.46. The van der Waals surface area contributed by atoms with E-state index in [2.05, 4.69) is 4.98 Å². The van der Waals surface area contributed by atoms with Gasteiger partial charge >= 0.3 is 5.69 Å². The van der Waals surface area contributed by atoms with Crippen molar-refractivity contribution in [2.75, 3.05) is 0 Å². The van der Waals surface area contributed by atoms with Crippen molar-refractivity contribution in [3.63, 3.8) is 0 Å². The lowest BCUT2D eigenvalue weighted by Crippen LogP contribution is -2.36. The van der Waals surface area contributed by atoms with Crippen molar-refractivity contribution >= 4 is 11.6 Å². The van der Waals surface area contributed by atoms with E-state index in [1.807, 2.05) is 32.9 Å². The van der Waals surface area contributed by atoms with Gasteiger partial charge in [0.1, 0.15) is 5.15 Å². The Bertz CT molecular complexity index is 759. The molecule has 106 valence electrons. The van der Waals surface area contributed by atoms with E-state index in [1.54, 1.807) is 6.07 Å². The molecule has 2 aromatic rings. The van der Waals surface area contributed by atoms with E-state index in [4.69, 9.17) is 11.6 Å². The summed E-state index contributed by atoms with van der Waals surface area (Å²) in [6, 6.07) is 5.54. The van der Waals surface area contributed by atoms with Gasteiger partial charge in [-0.25, -0.2) is 9.36 Å². The predicted octanol–water partition coefficient (Wildman–Crippen LogP) is 2.75. The van der Waals surface area contributed by atoms with Gasteiger partial charge < -0.3 is 0 Å². The molecule has 0 aliphatic carbocycles. The summed E-state index contributed by atoms with van der Waals surface area (Å²) < 4.78 is 1.17. The third-order valence-corrected chi connectivity index (χ3v) is 3.79. The quantitative estimate of drug-likeness (QED) is 0.885. The van der Waals surface area contributed by atoms with Crippen molar-refractivity contribution in [3.05, 3.63) is 60.9 Å². The number of aromatic nitrogens is 2. The highest BCUT2D eigenvalue weighted by molar-refractivity contribution is 6.30. The molecule has 0 aliphatic heterocycles. The fourth-order valence-corrected chi connectivity index (χ4v) is 2.47. The van der Waals surface area contributed by atoms with E-state index in [1.165, 1.54) is 4.57 Å². The molecular formula is C15H17ClN2O2. The average molecular weight is 293 g/mol. The SMILES string of the molecule is CCCc1c(Cl)[nH]c(=O)n(-c2cccc(C)c2C)c1=O. The molecular weight excluding hydrogens is 276 g/mol. The molecule has 0 radical (unpaired) electrons. The van der Waals surface area contributed by atoms with Gasteiger partial charge in [-0.3, -0.25) is 9.78 Å². The number of aromatic amines is 1. The lowest BCUT2D eigenvalue weighted by molar-refractivity contribution is 0.807. The number of aryl methyl sites for hydroxylation is 1. The van der Waals surface area contributed by atoms with Crippen molar-refractivity contribution in [2.45, 2.75) is 33.6 Å². The molecule has 0 amide bonds. The van der Waals surface area contributed by atoms with Crippen LogP contribution in [-0.2, 0) is 6.42 Å². The molecule has 0 aliphatic rings. The highest BCUT2D eigenvalue weighted by Gasteiger charge is 2.15. The lowest BCUT2D eigenvalue weighted by atomic mass is 10.1. The molecule has 0 spiro atoms. The van der Waals surface area contributed by atoms with Crippen LogP contribution >= 0.6 is 11.6 Å². The van der Waals surface area contributed by atoms with E-state index in [9.17, 15) is 9.59 Å². The molecule has 1 aromatic carbocycles. The first-order valence-electron chi connectivity index (χ1n) is 6.57. The Kier molecular flexibility index (Phi) is 4.14. The van der Waals surface area contributed by atoms with Gasteiger partial charge in [0.05, 0.1) is 11.3 Å². The minimum atomic E-state index is -0.506. The van der Waals surface area contributed by atoms with E-state index in [0.717, 1.165) is 17.5 Å². The lowest BCUT2D eigenvalue weighted by Gasteiger charge is -2.12. The molecule has 5 heteroatoms. The summed E-state index contributed by atoms with van der Waals surface area (Å²) in [5.74, 6) is 0. The molecule has 4 nitrogen and oxygen atoms in total. The maximum absolute atomic E-state index is 12.5. The Morgan fingerprint density at radius 3 is 2.60 bits per heavy atom. The first-order chi connectivity index (χ1) is 9.47. The van der Waals surface area contributed by atoms with Crippen molar-refractivity contribution < 1.29 is 0 Å². The smallest absolute Gasteiger partial charge is 0.297 e. The largest absolute Gasteiger partial charge is 0.334 e. The highest BCUT2D eigenvalue weighted by atomic mass is 35.5. The summed E-state index contributed by atoms with van der Waals surface area (Å²) in [4.78, 5) is 27.2.